The van der Waals surface area contributed by atoms with Crippen LogP contribution in [-0.2, 0) is 29.5 Å². The average molecular weight is 1700 g/mol. The third-order valence-corrected chi connectivity index (χ3v) is 23.0. The maximum Gasteiger partial charge on any atom is 0.191 e. The van der Waals surface area contributed by atoms with E-state index < -0.39 is 58.1 Å². The van der Waals surface area contributed by atoms with Crippen molar-refractivity contribution in [1.29, 1.82) is 0 Å². The molecule has 0 aliphatic carbocycles. The third kappa shape index (κ3) is 21.9. The highest BCUT2D eigenvalue weighted by Crippen LogP contribution is 2.41. The van der Waals surface area contributed by atoms with Gasteiger partial charge in [0.05, 0.1) is 55.8 Å². The molecule has 0 fully saturated rings. The van der Waals surface area contributed by atoms with Gasteiger partial charge in [0.1, 0.15) is 75.5 Å². The van der Waals surface area contributed by atoms with Gasteiger partial charge in [-0.1, -0.05) is 35.8 Å². The largest absolute Gasteiger partial charge is 0.497 e. The summed E-state index contributed by atoms with van der Waals surface area (Å²) in [6.45, 7) is 16.3. The van der Waals surface area contributed by atoms with Crippen molar-refractivity contribution in [2.24, 2.45) is 0 Å². The number of halogens is 4. The first-order chi connectivity index (χ1) is 54.4. The molecular formula is C86H92BrF3N6O16S3. The molecule has 3 atom stereocenters. The van der Waals surface area contributed by atoms with Crippen molar-refractivity contribution in [2.45, 2.75) is 99.8 Å². The number of aliphatic hydroxyl groups is 1. The minimum absolute atomic E-state index is 0.000367. The van der Waals surface area contributed by atoms with Crippen LogP contribution in [0.1, 0.15) is 125 Å². The quantitative estimate of drug-likeness (QED) is 0.0136. The molecule has 0 saturated heterocycles. The molecule has 0 spiro atoms. The van der Waals surface area contributed by atoms with Crippen LogP contribution in [0.4, 0.5) is 30.2 Å². The Kier molecular flexibility index (Phi) is 28.9. The van der Waals surface area contributed by atoms with Gasteiger partial charge in [0.2, 0.25) is 0 Å². The summed E-state index contributed by atoms with van der Waals surface area (Å²) in [5, 5.41) is 17.9. The van der Waals surface area contributed by atoms with Crippen LogP contribution in [0.2, 0.25) is 0 Å². The lowest BCUT2D eigenvalue weighted by Gasteiger charge is -2.23. The van der Waals surface area contributed by atoms with Crippen LogP contribution in [0.3, 0.4) is 0 Å². The number of aryl methyl sites for hydroxylation is 6. The van der Waals surface area contributed by atoms with E-state index in [0.717, 1.165) is 86.4 Å². The number of aromatic amines is 3. The summed E-state index contributed by atoms with van der Waals surface area (Å²) < 4.78 is 146. The van der Waals surface area contributed by atoms with Gasteiger partial charge >= 0.3 is 0 Å². The number of Topliss-reactive ketones (excluding diaryl/α,β-unsaturated/α-hetero) is 3. The van der Waals surface area contributed by atoms with Crippen molar-refractivity contribution in [3.8, 4) is 34.5 Å². The van der Waals surface area contributed by atoms with Crippen LogP contribution >= 0.6 is 15.9 Å². The molecule has 22 nitrogen and oxygen atoms in total. The molecule has 12 aromatic rings. The lowest BCUT2D eigenvalue weighted by molar-refractivity contribution is 0.0961. The van der Waals surface area contributed by atoms with E-state index in [1.807, 2.05) is 91.8 Å². The summed E-state index contributed by atoms with van der Waals surface area (Å²) in [5.41, 5.74) is 18.3. The zero-order valence-electron chi connectivity index (χ0n) is 65.9. The van der Waals surface area contributed by atoms with Crippen LogP contribution in [0, 0.1) is 59.0 Å². The van der Waals surface area contributed by atoms with Crippen molar-refractivity contribution in [1.82, 2.24) is 15.0 Å². The molecule has 115 heavy (non-hydrogen) atoms. The number of fused-ring (bicyclic) bond motifs is 3. The molecular weight excluding hydrogens is 1610 g/mol. The average Bonchev–Trinajstić information content (AvgIpc) is 1.73. The Balaban J connectivity index is 0.000000185. The Labute approximate surface area is 675 Å². The topological polar surface area (TPSA) is 327 Å². The smallest absolute Gasteiger partial charge is 0.191 e. The summed E-state index contributed by atoms with van der Waals surface area (Å²) in [6, 6.07) is 35.0. The Hall–Kier alpha value is -11.1. The van der Waals surface area contributed by atoms with Crippen molar-refractivity contribution in [3.63, 3.8) is 0 Å². The number of rotatable bonds is 28. The van der Waals surface area contributed by atoms with E-state index >= 15 is 0 Å². The highest BCUT2D eigenvalue weighted by molar-refractivity contribution is 9.09. The molecule has 3 unspecified atom stereocenters. The number of nitrogen functional groups attached to an aromatic ring is 1. The maximum absolute atomic E-state index is 14.2. The summed E-state index contributed by atoms with van der Waals surface area (Å²) >= 11 is 3.49. The second-order valence-electron chi connectivity index (χ2n) is 27.5. The monoisotopic (exact) mass is 1700 g/mol. The minimum atomic E-state index is -3.60. The number of hydrogen-bond acceptors (Lipinski definition) is 19. The number of anilines is 3. The number of H-pyrrole nitrogens is 3. The zero-order valence-corrected chi connectivity index (χ0v) is 70.0. The number of methoxy groups -OCH3 is 3. The van der Waals surface area contributed by atoms with Gasteiger partial charge in [-0.15, -0.1) is 0 Å². The molecule has 3 aromatic heterocycles. The van der Waals surface area contributed by atoms with Crippen LogP contribution in [0.15, 0.2) is 179 Å². The van der Waals surface area contributed by atoms with E-state index in [-0.39, 0.29) is 68.3 Å². The second-order valence-corrected chi connectivity index (χ2v) is 34.5. The standard InChI is InChI=1S/C29H31FN2O5S.C28H29FN2O6S.C21H21BrFNO2.C8H11NO3S/c1-6-9-37-27-12-19(30)7-8-23(27)28(32-20-13-21(36-4)15-22(14-20)38(5,34)35)29(33)25-16-31-26-11-18(3)17(2)10-24(25)26;1-16-9-23-24(15-30-25(23)10-17(16)2)28(33)27(22-6-5-18(29)11-26(22)37-8-7-32)31-19-12-20(36-3)14-21(13-19)38(4,34)35;1-4-7-26-19-10-14(23)5-6-15(19)20(22)21(25)17-11-24-18-9-13(3)12(2)8-16(17)18;1-12-7-3-6(9)4-8(5-7)13(2,10)11/h7-8,10-16,28,31-32H,6,9H2,1-5H3;5-6,9-15,27,30-32H,7-8H2,1-4H3;5-6,8-11,20,24H,4,7H2,1-3H3;3-5H,9H2,1-2H3. The minimum Gasteiger partial charge on any atom is -0.497 e. The number of carbonyl (C=O) groups is 3. The van der Waals surface area contributed by atoms with E-state index in [4.69, 9.17) is 34.2 Å². The molecule has 0 aliphatic heterocycles. The highest BCUT2D eigenvalue weighted by Gasteiger charge is 2.32. The Morgan fingerprint density at radius 1 is 0.435 bits per heavy atom. The molecule has 0 radical (unpaired) electrons. The van der Waals surface area contributed by atoms with Gasteiger partial charge < -0.3 is 64.8 Å². The summed E-state index contributed by atoms with van der Waals surface area (Å²) in [6.07, 6.45) is 9.80. The van der Waals surface area contributed by atoms with E-state index in [2.05, 4.69) is 41.5 Å². The number of carbonyl (C=O) groups excluding carboxylic acids is 3. The van der Waals surface area contributed by atoms with Crippen molar-refractivity contribution in [3.05, 3.63) is 248 Å². The van der Waals surface area contributed by atoms with Gasteiger partial charge in [0.15, 0.2) is 46.9 Å². The molecule has 29 heteroatoms. The van der Waals surface area contributed by atoms with Gasteiger partial charge in [-0.3, -0.25) is 14.4 Å². The number of alkyl halides is 1. The Morgan fingerprint density at radius 2 is 0.748 bits per heavy atom. The van der Waals surface area contributed by atoms with Gasteiger partial charge in [-0.25, -0.2) is 38.4 Å². The van der Waals surface area contributed by atoms with Crippen LogP contribution in [-0.4, -0.2) is 129 Å². The normalized spacial score (nSPS) is 12.2. The molecule has 9 aromatic carbocycles. The summed E-state index contributed by atoms with van der Waals surface area (Å²) in [5.74, 6) is -0.473. The van der Waals surface area contributed by atoms with Crippen LogP contribution < -0.4 is 44.8 Å². The lowest BCUT2D eigenvalue weighted by atomic mass is 9.94. The van der Waals surface area contributed by atoms with Crippen molar-refractivity contribution >= 4 is 113 Å². The molecule has 3 heterocycles. The molecule has 8 N–H and O–H groups in total. The first-order valence-corrected chi connectivity index (χ1v) is 42.8. The predicted molar refractivity (Wildman–Crippen MR) is 447 cm³/mol. The highest BCUT2D eigenvalue weighted by atomic mass is 79.9. The number of aromatic nitrogens is 3. The Morgan fingerprint density at radius 3 is 1.09 bits per heavy atom. The van der Waals surface area contributed by atoms with E-state index in [1.165, 1.54) is 106 Å². The fourth-order valence-electron chi connectivity index (χ4n) is 12.3. The molecule has 0 aliphatic rings. The maximum atomic E-state index is 14.2. The fourth-order valence-corrected chi connectivity index (χ4v) is 15.0. The summed E-state index contributed by atoms with van der Waals surface area (Å²) in [7, 11) is -6.09. The molecule has 12 rings (SSSR count). The number of ether oxygens (including phenoxy) is 6. The van der Waals surface area contributed by atoms with Gasteiger partial charge in [-0.05, 0) is 191 Å². The number of ketones is 3. The number of sulfone groups is 3. The molecule has 0 bridgehead atoms. The van der Waals surface area contributed by atoms with E-state index in [0.29, 0.717) is 92.7 Å². The van der Waals surface area contributed by atoms with E-state index in [1.54, 1.807) is 42.9 Å². The van der Waals surface area contributed by atoms with E-state index in [9.17, 15) is 57.9 Å². The van der Waals surface area contributed by atoms with Crippen LogP contribution in [0.5, 0.6) is 34.5 Å². The Bertz CT molecular complexity index is 5730. The zero-order chi connectivity index (χ0) is 84.1. The molecule has 0 saturated carbocycles. The van der Waals surface area contributed by atoms with Crippen molar-refractivity contribution in [2.75, 3.05) is 82.9 Å². The molecule has 608 valence electrons. The summed E-state index contributed by atoms with van der Waals surface area (Å²) in [4.78, 5) is 50.5. The number of benzene rings is 9. The lowest BCUT2D eigenvalue weighted by Crippen LogP contribution is -2.22. The fraction of sp³-hybridized carbons (Fsp3) is 0.267. The first kappa shape index (κ1) is 87.8. The molecule has 0 amide bonds. The van der Waals surface area contributed by atoms with Crippen molar-refractivity contribution < 1.29 is 86.3 Å². The van der Waals surface area contributed by atoms with Crippen LogP contribution in [0.25, 0.3) is 32.7 Å². The van der Waals surface area contributed by atoms with Gasteiger partial charge in [0.25, 0.3) is 0 Å². The number of aliphatic hydroxyl groups excluding tert-OH is 1. The first-order valence-electron chi connectivity index (χ1n) is 36.2. The number of nitrogens with two attached hydrogens (primary N) is 1. The van der Waals surface area contributed by atoms with Gasteiger partial charge in [-0.2, -0.15) is 0 Å². The third-order valence-electron chi connectivity index (χ3n) is 18.8. The predicted octanol–water partition coefficient (Wildman–Crippen LogP) is 17.6. The van der Waals surface area contributed by atoms with Gasteiger partial charge in [0, 0.05) is 157 Å². The SMILES string of the molecule is CCCOc1cc(F)ccc1C(Br)C(=O)c1c[nH]c2cc(C)c(C)cc12.CCCOc1cc(F)ccc1C(Nc1cc(OC)cc(S(C)(=O)=O)c1)C(=O)c1c[nH]c2cc(C)c(C)cc12.COc1cc(N)cc(S(C)(=O)=O)c1.COc1cc(NC(C(=O)c2c[nH]c3cc(C)c(C)cc23)c2ccc(F)cc2OCCO)cc(S(C)(=O)=O)c1. The number of nitrogens with one attached hydrogen (secondary N) is 5. The second kappa shape index (κ2) is 37.9. The number of hydrogen-bond donors (Lipinski definition) is 7.